The average molecular weight is 370 g/mol. The topological polar surface area (TPSA) is 86.8 Å². The summed E-state index contributed by atoms with van der Waals surface area (Å²) in [6, 6.07) is 4.05. The summed E-state index contributed by atoms with van der Waals surface area (Å²) in [5, 5.41) is 5.66. The van der Waals surface area contributed by atoms with E-state index in [1.165, 1.54) is 10.8 Å². The maximum absolute atomic E-state index is 11.5. The highest BCUT2D eigenvalue weighted by Crippen LogP contribution is 2.29. The van der Waals surface area contributed by atoms with Crippen molar-refractivity contribution in [2.24, 2.45) is 0 Å². The number of hydrogen-bond acceptors (Lipinski definition) is 7. The molecule has 0 aliphatic carbocycles. The van der Waals surface area contributed by atoms with Crippen molar-refractivity contribution in [1.82, 2.24) is 25.3 Å². The summed E-state index contributed by atoms with van der Waals surface area (Å²) in [5.41, 5.74) is 1.72. The molecule has 1 saturated heterocycles. The molecule has 1 fully saturated rings. The normalized spacial score (nSPS) is 15.7. The van der Waals surface area contributed by atoms with E-state index < -0.39 is 0 Å². The zero-order valence-electron chi connectivity index (χ0n) is 14.7. The number of nitrogens with one attached hydrogen (secondary N) is 2. The Kier molecular flexibility index (Phi) is 4.94. The first kappa shape index (κ1) is 17.1. The molecule has 3 aromatic rings. The van der Waals surface area contributed by atoms with Gasteiger partial charge in [0.2, 0.25) is 0 Å². The first-order valence-electron chi connectivity index (χ1n) is 8.92. The van der Waals surface area contributed by atoms with Crippen LogP contribution in [0, 0.1) is 6.92 Å². The number of H-pyrrole nitrogens is 1. The van der Waals surface area contributed by atoms with Crippen LogP contribution in [-0.2, 0) is 6.42 Å². The van der Waals surface area contributed by atoms with E-state index >= 15 is 0 Å². The fourth-order valence-electron chi connectivity index (χ4n) is 3.45. The lowest BCUT2D eigenvalue weighted by atomic mass is 10.0. The standard InChI is InChI=1S/C18H22N6OS/c1-12-10-16(25)23-15(22-12)2-6-19-13-3-7-24(8-4-13)18-17-14(5-9-26-17)20-11-21-18/h5,9-11,13,19H,2-4,6-8H2,1H3,(H,22,23,25). The fourth-order valence-corrected chi connectivity index (χ4v) is 4.31. The van der Waals surface area contributed by atoms with E-state index in [1.54, 1.807) is 17.7 Å². The van der Waals surface area contributed by atoms with Gasteiger partial charge in [0, 0.05) is 43.9 Å². The van der Waals surface area contributed by atoms with Gasteiger partial charge in [-0.2, -0.15) is 0 Å². The molecule has 0 radical (unpaired) electrons. The molecule has 7 nitrogen and oxygen atoms in total. The molecule has 0 bridgehead atoms. The monoisotopic (exact) mass is 370 g/mol. The third-order valence-electron chi connectivity index (χ3n) is 4.73. The molecular weight excluding hydrogens is 348 g/mol. The van der Waals surface area contributed by atoms with Crippen LogP contribution in [0.1, 0.15) is 24.4 Å². The third kappa shape index (κ3) is 3.76. The highest BCUT2D eigenvalue weighted by atomic mass is 32.1. The van der Waals surface area contributed by atoms with Gasteiger partial charge in [0.05, 0.1) is 10.2 Å². The van der Waals surface area contributed by atoms with Crippen LogP contribution in [0.5, 0.6) is 0 Å². The number of aromatic nitrogens is 4. The van der Waals surface area contributed by atoms with Gasteiger partial charge in [-0.1, -0.05) is 0 Å². The molecule has 4 heterocycles. The Morgan fingerprint density at radius 2 is 2.19 bits per heavy atom. The van der Waals surface area contributed by atoms with E-state index in [4.69, 9.17) is 0 Å². The molecule has 26 heavy (non-hydrogen) atoms. The quantitative estimate of drug-likeness (QED) is 0.713. The highest BCUT2D eigenvalue weighted by molar-refractivity contribution is 7.17. The predicted molar refractivity (Wildman–Crippen MR) is 104 cm³/mol. The minimum Gasteiger partial charge on any atom is -0.355 e. The number of hydrogen-bond donors (Lipinski definition) is 2. The van der Waals surface area contributed by atoms with Gasteiger partial charge in [-0.15, -0.1) is 11.3 Å². The van der Waals surface area contributed by atoms with Crippen molar-refractivity contribution < 1.29 is 0 Å². The largest absolute Gasteiger partial charge is 0.355 e. The van der Waals surface area contributed by atoms with Gasteiger partial charge < -0.3 is 15.2 Å². The maximum atomic E-state index is 11.5. The zero-order chi connectivity index (χ0) is 17.9. The van der Waals surface area contributed by atoms with E-state index in [0.717, 1.165) is 61.7 Å². The lowest BCUT2D eigenvalue weighted by Crippen LogP contribution is -2.43. The van der Waals surface area contributed by atoms with Crippen molar-refractivity contribution >= 4 is 27.4 Å². The predicted octanol–water partition coefficient (Wildman–Crippen LogP) is 1.88. The Balaban J connectivity index is 1.30. The van der Waals surface area contributed by atoms with Gasteiger partial charge >= 0.3 is 0 Å². The van der Waals surface area contributed by atoms with Crippen LogP contribution in [0.3, 0.4) is 0 Å². The molecule has 0 unspecified atom stereocenters. The Bertz CT molecular complexity index is 944. The molecule has 0 spiro atoms. The van der Waals surface area contributed by atoms with Crippen LogP contribution in [-0.4, -0.2) is 45.6 Å². The molecule has 0 saturated carbocycles. The molecule has 4 rings (SSSR count). The highest BCUT2D eigenvalue weighted by Gasteiger charge is 2.21. The smallest absolute Gasteiger partial charge is 0.251 e. The number of aryl methyl sites for hydroxylation is 1. The summed E-state index contributed by atoms with van der Waals surface area (Å²) in [6.07, 6.45) is 4.55. The van der Waals surface area contributed by atoms with Crippen LogP contribution >= 0.6 is 11.3 Å². The lowest BCUT2D eigenvalue weighted by molar-refractivity contribution is 0.415. The molecule has 8 heteroatoms. The number of piperidine rings is 1. The van der Waals surface area contributed by atoms with Crippen molar-refractivity contribution in [3.05, 3.63) is 45.7 Å². The Morgan fingerprint density at radius 1 is 1.35 bits per heavy atom. The summed E-state index contributed by atoms with van der Waals surface area (Å²) >= 11 is 1.70. The van der Waals surface area contributed by atoms with E-state index in [1.807, 2.05) is 13.0 Å². The number of aromatic amines is 1. The molecule has 0 amide bonds. The summed E-state index contributed by atoms with van der Waals surface area (Å²) in [4.78, 5) is 29.9. The Hall–Kier alpha value is -2.32. The van der Waals surface area contributed by atoms with Crippen molar-refractivity contribution in [3.63, 3.8) is 0 Å². The fraction of sp³-hybridized carbons (Fsp3) is 0.444. The maximum Gasteiger partial charge on any atom is 0.251 e. The summed E-state index contributed by atoms with van der Waals surface area (Å²) < 4.78 is 1.17. The second kappa shape index (κ2) is 7.51. The molecular formula is C18H22N6OS. The summed E-state index contributed by atoms with van der Waals surface area (Å²) in [7, 11) is 0. The summed E-state index contributed by atoms with van der Waals surface area (Å²) in [6.45, 7) is 4.64. The molecule has 136 valence electrons. The summed E-state index contributed by atoms with van der Waals surface area (Å²) in [5.74, 6) is 1.81. The molecule has 1 aliphatic rings. The van der Waals surface area contributed by atoms with Gasteiger partial charge in [0.15, 0.2) is 0 Å². The van der Waals surface area contributed by atoms with Gasteiger partial charge in [0.25, 0.3) is 5.56 Å². The first-order chi connectivity index (χ1) is 12.7. The van der Waals surface area contributed by atoms with Crippen LogP contribution in [0.15, 0.2) is 28.6 Å². The minimum atomic E-state index is -0.0782. The molecule has 0 atom stereocenters. The molecule has 2 N–H and O–H groups in total. The Morgan fingerprint density at radius 3 is 3.00 bits per heavy atom. The van der Waals surface area contributed by atoms with Gasteiger partial charge in [-0.05, 0) is 31.2 Å². The van der Waals surface area contributed by atoms with Gasteiger partial charge in [0.1, 0.15) is 18.0 Å². The Labute approximate surface area is 155 Å². The van der Waals surface area contributed by atoms with Crippen molar-refractivity contribution in [2.75, 3.05) is 24.5 Å². The van der Waals surface area contributed by atoms with Gasteiger partial charge in [-0.25, -0.2) is 15.0 Å². The second-order valence-electron chi connectivity index (χ2n) is 6.63. The van der Waals surface area contributed by atoms with Crippen LogP contribution < -0.4 is 15.8 Å². The van der Waals surface area contributed by atoms with Gasteiger partial charge in [-0.3, -0.25) is 4.79 Å². The minimum absolute atomic E-state index is 0.0782. The molecule has 0 aromatic carbocycles. The molecule has 3 aromatic heterocycles. The average Bonchev–Trinajstić information content (AvgIpc) is 3.10. The number of nitrogens with zero attached hydrogens (tertiary/aromatic N) is 4. The molecule has 1 aliphatic heterocycles. The van der Waals surface area contributed by atoms with Crippen molar-refractivity contribution in [3.8, 4) is 0 Å². The second-order valence-corrected chi connectivity index (χ2v) is 7.55. The van der Waals surface area contributed by atoms with Crippen LogP contribution in [0.2, 0.25) is 0 Å². The van der Waals surface area contributed by atoms with Crippen LogP contribution in [0.25, 0.3) is 10.2 Å². The van der Waals surface area contributed by atoms with E-state index in [2.05, 4.69) is 35.5 Å². The van der Waals surface area contributed by atoms with Crippen molar-refractivity contribution in [2.45, 2.75) is 32.2 Å². The number of fused-ring (bicyclic) bond motifs is 1. The van der Waals surface area contributed by atoms with E-state index in [9.17, 15) is 4.79 Å². The number of rotatable bonds is 5. The van der Waals surface area contributed by atoms with Crippen molar-refractivity contribution in [1.29, 1.82) is 0 Å². The van der Waals surface area contributed by atoms with E-state index in [-0.39, 0.29) is 5.56 Å². The zero-order valence-corrected chi connectivity index (χ0v) is 15.6. The SMILES string of the molecule is Cc1cc(=O)[nH]c(CCNC2CCN(c3ncnc4ccsc34)CC2)n1. The first-order valence-corrected chi connectivity index (χ1v) is 9.80. The van der Waals surface area contributed by atoms with E-state index in [0.29, 0.717) is 6.04 Å². The third-order valence-corrected chi connectivity index (χ3v) is 5.63. The number of thiophene rings is 1. The number of anilines is 1. The lowest BCUT2D eigenvalue weighted by Gasteiger charge is -2.33. The van der Waals surface area contributed by atoms with Crippen LogP contribution in [0.4, 0.5) is 5.82 Å².